The number of ether oxygens (including phenoxy) is 1. The molecule has 0 amide bonds. The van der Waals surface area contributed by atoms with Crippen molar-refractivity contribution in [3.05, 3.63) is 24.3 Å². The van der Waals surface area contributed by atoms with Gasteiger partial charge in [-0.05, 0) is 18.6 Å². The number of alkyl halides is 1. The van der Waals surface area contributed by atoms with E-state index in [1.54, 1.807) is 24.3 Å². The Labute approximate surface area is 118 Å². The lowest BCUT2D eigenvalue weighted by atomic mass is 10.3. The first-order valence-corrected chi connectivity index (χ1v) is 7.92. The van der Waals surface area contributed by atoms with E-state index in [9.17, 15) is 8.42 Å². The molecule has 1 aromatic carbocycles. The van der Waals surface area contributed by atoms with Crippen LogP contribution in [0.2, 0.25) is 0 Å². The Bertz CT molecular complexity index is 540. The third-order valence-corrected chi connectivity index (χ3v) is 3.86. The minimum Gasteiger partial charge on any atom is -0.493 e. The largest absolute Gasteiger partial charge is 0.493 e. The molecule has 104 valence electrons. The number of sulfonamides is 1. The normalized spacial score (nSPS) is 10.7. The summed E-state index contributed by atoms with van der Waals surface area (Å²) in [6.45, 7) is 0.422. The minimum absolute atomic E-state index is 0.0414. The van der Waals surface area contributed by atoms with Gasteiger partial charge in [-0.1, -0.05) is 6.07 Å². The van der Waals surface area contributed by atoms with Gasteiger partial charge in [0, 0.05) is 18.4 Å². The first kappa shape index (κ1) is 15.6. The number of rotatable bonds is 8. The van der Waals surface area contributed by atoms with Crippen LogP contribution in [0.5, 0.6) is 5.75 Å². The number of nitriles is 1. The Morgan fingerprint density at radius 2 is 2.21 bits per heavy atom. The molecule has 0 aliphatic rings. The van der Waals surface area contributed by atoms with Gasteiger partial charge in [0.2, 0.25) is 10.0 Å². The van der Waals surface area contributed by atoms with E-state index in [2.05, 4.69) is 4.72 Å². The van der Waals surface area contributed by atoms with Crippen LogP contribution in [0.25, 0.3) is 0 Å². The van der Waals surface area contributed by atoms with Gasteiger partial charge in [-0.15, -0.1) is 11.6 Å². The molecule has 0 atom stereocenters. The highest BCUT2D eigenvalue weighted by Gasteiger charge is 2.09. The summed E-state index contributed by atoms with van der Waals surface area (Å²) in [6.07, 6.45) is 1.07. The molecule has 7 heteroatoms. The van der Waals surface area contributed by atoms with Gasteiger partial charge in [0.15, 0.2) is 0 Å². The maximum absolute atomic E-state index is 11.5. The van der Waals surface area contributed by atoms with Crippen molar-refractivity contribution >= 4 is 27.3 Å². The molecule has 0 saturated carbocycles. The zero-order valence-electron chi connectivity index (χ0n) is 10.3. The van der Waals surface area contributed by atoms with Crippen molar-refractivity contribution in [2.75, 3.05) is 23.0 Å². The van der Waals surface area contributed by atoms with Crippen LogP contribution in [0.15, 0.2) is 24.3 Å². The zero-order chi connectivity index (χ0) is 14.1. The maximum atomic E-state index is 11.5. The first-order valence-electron chi connectivity index (χ1n) is 5.73. The quantitative estimate of drug-likeness (QED) is 0.590. The van der Waals surface area contributed by atoms with E-state index in [0.717, 1.165) is 0 Å². The Morgan fingerprint density at radius 1 is 1.42 bits per heavy atom. The van der Waals surface area contributed by atoms with Gasteiger partial charge in [-0.25, -0.2) is 8.42 Å². The van der Waals surface area contributed by atoms with Crippen LogP contribution in [-0.4, -0.2) is 26.7 Å². The van der Waals surface area contributed by atoms with Gasteiger partial charge >= 0.3 is 0 Å². The molecule has 5 nitrogen and oxygen atoms in total. The monoisotopic (exact) mass is 302 g/mol. The van der Waals surface area contributed by atoms with Gasteiger partial charge in [-0.2, -0.15) is 5.26 Å². The SMILES string of the molecule is N#CCCCOc1cccc(NS(=O)(=O)CCCl)c1. The molecule has 0 radical (unpaired) electrons. The third kappa shape index (κ3) is 6.32. The highest BCUT2D eigenvalue weighted by Crippen LogP contribution is 2.18. The second kappa shape index (κ2) is 7.87. The highest BCUT2D eigenvalue weighted by atomic mass is 35.5. The molecular weight excluding hydrogens is 288 g/mol. The smallest absolute Gasteiger partial charge is 0.233 e. The van der Waals surface area contributed by atoms with E-state index in [1.165, 1.54) is 0 Å². The van der Waals surface area contributed by atoms with Gasteiger partial charge in [0.1, 0.15) is 5.75 Å². The van der Waals surface area contributed by atoms with Crippen molar-refractivity contribution in [1.82, 2.24) is 0 Å². The molecule has 1 N–H and O–H groups in total. The Hall–Kier alpha value is -1.45. The Morgan fingerprint density at radius 3 is 2.89 bits per heavy atom. The molecule has 0 aliphatic heterocycles. The Balaban J connectivity index is 2.60. The third-order valence-electron chi connectivity index (χ3n) is 2.15. The van der Waals surface area contributed by atoms with E-state index in [4.69, 9.17) is 21.6 Å². The van der Waals surface area contributed by atoms with E-state index in [-0.39, 0.29) is 11.6 Å². The number of unbranched alkanes of at least 4 members (excludes halogenated alkanes) is 1. The van der Waals surface area contributed by atoms with Crippen LogP contribution in [0, 0.1) is 11.3 Å². The number of nitrogens with zero attached hydrogens (tertiary/aromatic N) is 1. The predicted octanol–water partition coefficient (Wildman–Crippen LogP) is 2.35. The van der Waals surface area contributed by atoms with Gasteiger partial charge < -0.3 is 4.74 Å². The molecule has 0 fully saturated rings. The molecule has 0 aliphatic carbocycles. The van der Waals surface area contributed by atoms with Crippen molar-refractivity contribution in [3.63, 3.8) is 0 Å². The fourth-order valence-electron chi connectivity index (χ4n) is 1.32. The van der Waals surface area contributed by atoms with Crippen molar-refractivity contribution in [3.8, 4) is 11.8 Å². The van der Waals surface area contributed by atoms with Crippen LogP contribution in [0.1, 0.15) is 12.8 Å². The maximum Gasteiger partial charge on any atom is 0.233 e. The van der Waals surface area contributed by atoms with Gasteiger partial charge in [0.25, 0.3) is 0 Å². The van der Waals surface area contributed by atoms with Gasteiger partial charge in [0.05, 0.1) is 24.1 Å². The second-order valence-corrected chi connectivity index (χ2v) is 5.97. The van der Waals surface area contributed by atoms with Crippen LogP contribution in [0.4, 0.5) is 5.69 Å². The molecule has 19 heavy (non-hydrogen) atoms. The summed E-state index contributed by atoms with van der Waals surface area (Å²) in [5.74, 6) is 0.464. The van der Waals surface area contributed by atoms with Crippen LogP contribution < -0.4 is 9.46 Å². The fraction of sp³-hybridized carbons (Fsp3) is 0.417. The lowest BCUT2D eigenvalue weighted by molar-refractivity contribution is 0.313. The van der Waals surface area contributed by atoms with E-state index >= 15 is 0 Å². The van der Waals surface area contributed by atoms with E-state index < -0.39 is 10.0 Å². The minimum atomic E-state index is -3.41. The summed E-state index contributed by atoms with van der Waals surface area (Å²) in [7, 11) is -3.41. The summed E-state index contributed by atoms with van der Waals surface area (Å²) in [5, 5.41) is 8.39. The topological polar surface area (TPSA) is 79.2 Å². The van der Waals surface area contributed by atoms with Gasteiger partial charge in [-0.3, -0.25) is 4.72 Å². The van der Waals surface area contributed by atoms with Crippen LogP contribution in [-0.2, 0) is 10.0 Å². The standard InChI is InChI=1S/C12H15ClN2O3S/c13-6-9-19(16,17)15-11-4-3-5-12(10-11)18-8-2-1-7-14/h3-5,10,15H,1-2,6,8-9H2. The number of nitrogens with one attached hydrogen (secondary N) is 1. The summed E-state index contributed by atoms with van der Waals surface area (Å²) >= 11 is 5.41. The lowest BCUT2D eigenvalue weighted by Gasteiger charge is -2.09. The molecule has 0 unspecified atom stereocenters. The lowest BCUT2D eigenvalue weighted by Crippen LogP contribution is -2.17. The molecule has 0 aromatic heterocycles. The molecule has 0 bridgehead atoms. The summed E-state index contributed by atoms with van der Waals surface area (Å²) < 4.78 is 30.9. The number of anilines is 1. The molecule has 1 aromatic rings. The van der Waals surface area contributed by atoms with E-state index in [0.29, 0.717) is 30.9 Å². The molecule has 0 heterocycles. The molecule has 1 rings (SSSR count). The number of benzene rings is 1. The van der Waals surface area contributed by atoms with Crippen LogP contribution in [0.3, 0.4) is 0 Å². The van der Waals surface area contributed by atoms with E-state index in [1.807, 2.05) is 6.07 Å². The van der Waals surface area contributed by atoms with Crippen molar-refractivity contribution in [2.24, 2.45) is 0 Å². The molecule has 0 spiro atoms. The highest BCUT2D eigenvalue weighted by molar-refractivity contribution is 7.92. The predicted molar refractivity (Wildman–Crippen MR) is 74.9 cm³/mol. The second-order valence-electron chi connectivity index (χ2n) is 3.75. The number of halogens is 1. The van der Waals surface area contributed by atoms with Crippen molar-refractivity contribution < 1.29 is 13.2 Å². The average Bonchev–Trinajstić information content (AvgIpc) is 2.34. The van der Waals surface area contributed by atoms with Crippen molar-refractivity contribution in [1.29, 1.82) is 5.26 Å². The fourth-order valence-corrected chi connectivity index (χ4v) is 2.72. The summed E-state index contributed by atoms with van der Waals surface area (Å²) in [4.78, 5) is 0. The summed E-state index contributed by atoms with van der Waals surface area (Å²) in [5.41, 5.74) is 0.433. The molecular formula is C12H15ClN2O3S. The Kier molecular flexibility index (Phi) is 6.46. The number of hydrogen-bond acceptors (Lipinski definition) is 4. The molecule has 0 saturated heterocycles. The first-order chi connectivity index (χ1) is 9.07. The summed E-state index contributed by atoms with van der Waals surface area (Å²) in [6, 6.07) is 8.68. The van der Waals surface area contributed by atoms with Crippen molar-refractivity contribution in [2.45, 2.75) is 12.8 Å². The zero-order valence-corrected chi connectivity index (χ0v) is 11.9. The van der Waals surface area contributed by atoms with Crippen LogP contribution >= 0.6 is 11.6 Å². The number of hydrogen-bond donors (Lipinski definition) is 1. The average molecular weight is 303 g/mol.